The second-order valence-electron chi connectivity index (χ2n) is 5.98. The Bertz CT molecular complexity index is 805. The minimum atomic E-state index is -0.941. The van der Waals surface area contributed by atoms with Gasteiger partial charge in [-0.05, 0) is 35.8 Å². The molecule has 0 aliphatic heterocycles. The predicted octanol–water partition coefficient (Wildman–Crippen LogP) is 5.45. The first-order valence-corrected chi connectivity index (χ1v) is 9.66. The number of benzene rings is 3. The summed E-state index contributed by atoms with van der Waals surface area (Å²) in [7, 11) is -0.941. The van der Waals surface area contributed by atoms with Gasteiger partial charge >= 0.3 is 0 Å². The molecule has 3 rings (SSSR count). The normalized spacial score (nSPS) is 11.9. The van der Waals surface area contributed by atoms with Crippen molar-refractivity contribution in [1.82, 2.24) is 0 Å². The van der Waals surface area contributed by atoms with Crippen LogP contribution in [0, 0.1) is 13.8 Å². The fourth-order valence-electron chi connectivity index (χ4n) is 2.94. The van der Waals surface area contributed by atoms with Gasteiger partial charge < -0.3 is 0 Å². The zero-order valence-corrected chi connectivity index (χ0v) is 15.0. The van der Waals surface area contributed by atoms with Crippen molar-refractivity contribution in [1.29, 1.82) is 0 Å². The summed E-state index contributed by atoms with van der Waals surface area (Å²) in [6, 6.07) is 26.6. The number of rotatable bonds is 5. The summed E-state index contributed by atoms with van der Waals surface area (Å²) in [6.45, 7) is 4.06. The molecule has 24 heavy (non-hydrogen) atoms. The third-order valence-electron chi connectivity index (χ3n) is 4.19. The van der Waals surface area contributed by atoms with E-state index in [4.69, 9.17) is 0 Å². The smallest absolute Gasteiger partial charge is 0.189 e. The quantitative estimate of drug-likeness (QED) is 0.568. The third-order valence-corrected chi connectivity index (χ3v) is 6.51. The molecule has 0 bridgehead atoms. The Morgan fingerprint density at radius 3 is 1.88 bits per heavy atom. The Morgan fingerprint density at radius 1 is 0.750 bits per heavy atom. The SMILES string of the molecule is Cc1cccc(C)c1C(=O)P(Cc1ccccc1)c1ccccc1. The maximum Gasteiger partial charge on any atom is 0.189 e. The van der Waals surface area contributed by atoms with Crippen LogP contribution in [0.3, 0.4) is 0 Å². The molecule has 1 nitrogen and oxygen atoms in total. The molecular weight excluding hydrogens is 311 g/mol. The van der Waals surface area contributed by atoms with E-state index >= 15 is 0 Å². The molecule has 0 heterocycles. The topological polar surface area (TPSA) is 17.1 Å². The van der Waals surface area contributed by atoms with E-state index in [1.165, 1.54) is 5.56 Å². The van der Waals surface area contributed by atoms with E-state index in [9.17, 15) is 4.79 Å². The Morgan fingerprint density at radius 2 is 1.29 bits per heavy atom. The van der Waals surface area contributed by atoms with Gasteiger partial charge in [0.15, 0.2) is 5.52 Å². The zero-order chi connectivity index (χ0) is 16.9. The van der Waals surface area contributed by atoms with Gasteiger partial charge in [0.2, 0.25) is 0 Å². The minimum absolute atomic E-state index is 0.274. The van der Waals surface area contributed by atoms with Crippen LogP contribution in [0.1, 0.15) is 27.0 Å². The molecule has 0 amide bonds. The molecule has 1 unspecified atom stereocenters. The summed E-state index contributed by atoms with van der Waals surface area (Å²) in [5.41, 5.74) is 4.51. The fourth-order valence-corrected chi connectivity index (χ4v) is 5.23. The Hall–Kier alpha value is -2.24. The molecule has 2 heteroatoms. The van der Waals surface area contributed by atoms with Crippen molar-refractivity contribution in [3.63, 3.8) is 0 Å². The highest BCUT2D eigenvalue weighted by atomic mass is 31.1. The number of carbonyl (C=O) groups is 1. The van der Waals surface area contributed by atoms with Crippen LogP contribution in [0.5, 0.6) is 0 Å². The lowest BCUT2D eigenvalue weighted by molar-refractivity contribution is 0.108. The molecule has 120 valence electrons. The first-order valence-electron chi connectivity index (χ1n) is 8.14. The summed E-state index contributed by atoms with van der Waals surface area (Å²) in [6.07, 6.45) is 0.785. The average Bonchev–Trinajstić information content (AvgIpc) is 2.61. The van der Waals surface area contributed by atoms with E-state index in [-0.39, 0.29) is 5.52 Å². The van der Waals surface area contributed by atoms with Crippen LogP contribution in [0.25, 0.3) is 0 Å². The standard InChI is InChI=1S/C22H21OP/c1-17-10-9-11-18(2)21(17)22(23)24(20-14-7-4-8-15-20)16-19-12-5-3-6-13-19/h3-15H,16H2,1-2H3. The lowest BCUT2D eigenvalue weighted by atomic mass is 10.0. The molecule has 0 aromatic heterocycles. The van der Waals surface area contributed by atoms with E-state index in [0.717, 1.165) is 28.2 Å². The molecule has 0 saturated heterocycles. The van der Waals surface area contributed by atoms with Crippen LogP contribution >= 0.6 is 7.92 Å². The van der Waals surface area contributed by atoms with Crippen LogP contribution in [0.2, 0.25) is 0 Å². The van der Waals surface area contributed by atoms with Crippen LogP contribution in [-0.4, -0.2) is 5.52 Å². The van der Waals surface area contributed by atoms with Gasteiger partial charge in [0.05, 0.1) is 0 Å². The van der Waals surface area contributed by atoms with Crippen molar-refractivity contribution in [2.45, 2.75) is 20.0 Å². The monoisotopic (exact) mass is 332 g/mol. The molecule has 0 fully saturated rings. The fraction of sp³-hybridized carbons (Fsp3) is 0.136. The Balaban J connectivity index is 2.03. The molecule has 0 N–H and O–H groups in total. The summed E-state index contributed by atoms with van der Waals surface area (Å²) in [4.78, 5) is 13.4. The van der Waals surface area contributed by atoms with Crippen molar-refractivity contribution >= 4 is 18.8 Å². The average molecular weight is 332 g/mol. The minimum Gasteiger partial charge on any atom is -0.289 e. The van der Waals surface area contributed by atoms with Crippen LogP contribution in [0.15, 0.2) is 78.9 Å². The van der Waals surface area contributed by atoms with Gasteiger partial charge in [-0.2, -0.15) is 0 Å². The maximum absolute atomic E-state index is 13.4. The number of hydrogen-bond donors (Lipinski definition) is 0. The van der Waals surface area contributed by atoms with Crippen molar-refractivity contribution < 1.29 is 4.79 Å². The van der Waals surface area contributed by atoms with Crippen LogP contribution in [-0.2, 0) is 6.16 Å². The highest BCUT2D eigenvalue weighted by molar-refractivity contribution is 7.81. The van der Waals surface area contributed by atoms with Crippen molar-refractivity contribution in [2.75, 3.05) is 0 Å². The highest BCUT2D eigenvalue weighted by Crippen LogP contribution is 2.43. The van der Waals surface area contributed by atoms with Gasteiger partial charge in [0.25, 0.3) is 0 Å². The maximum atomic E-state index is 13.4. The first kappa shape index (κ1) is 16.6. The van der Waals surface area contributed by atoms with Gasteiger partial charge in [0.1, 0.15) is 0 Å². The third kappa shape index (κ3) is 3.63. The lowest BCUT2D eigenvalue weighted by Crippen LogP contribution is -2.13. The lowest BCUT2D eigenvalue weighted by Gasteiger charge is -2.19. The molecule has 0 saturated carbocycles. The van der Waals surface area contributed by atoms with Gasteiger partial charge in [-0.1, -0.05) is 78.9 Å². The molecular formula is C22H21OP. The van der Waals surface area contributed by atoms with Crippen LogP contribution in [0.4, 0.5) is 0 Å². The van der Waals surface area contributed by atoms with Crippen molar-refractivity contribution in [2.24, 2.45) is 0 Å². The first-order chi connectivity index (χ1) is 11.7. The number of hydrogen-bond acceptors (Lipinski definition) is 1. The molecule has 0 aliphatic rings. The molecule has 0 aliphatic carbocycles. The van der Waals surface area contributed by atoms with E-state index in [0.29, 0.717) is 0 Å². The second kappa shape index (κ2) is 7.55. The molecule has 3 aromatic rings. The van der Waals surface area contributed by atoms with Crippen LogP contribution < -0.4 is 5.30 Å². The second-order valence-corrected chi connectivity index (χ2v) is 8.07. The zero-order valence-electron chi connectivity index (χ0n) is 14.1. The van der Waals surface area contributed by atoms with Gasteiger partial charge in [-0.3, -0.25) is 4.79 Å². The molecule has 0 radical (unpaired) electrons. The summed E-state index contributed by atoms with van der Waals surface area (Å²) < 4.78 is 0. The Kier molecular flexibility index (Phi) is 5.23. The highest BCUT2D eigenvalue weighted by Gasteiger charge is 2.24. The van der Waals surface area contributed by atoms with Gasteiger partial charge in [-0.25, -0.2) is 0 Å². The molecule has 1 atom stereocenters. The predicted molar refractivity (Wildman–Crippen MR) is 103 cm³/mol. The van der Waals surface area contributed by atoms with Crippen molar-refractivity contribution in [3.8, 4) is 0 Å². The number of carbonyl (C=O) groups excluding carboxylic acids is 1. The Labute approximate surface area is 145 Å². The number of aryl methyl sites for hydroxylation is 2. The van der Waals surface area contributed by atoms with E-state index in [1.54, 1.807) is 0 Å². The van der Waals surface area contributed by atoms with E-state index < -0.39 is 7.92 Å². The largest absolute Gasteiger partial charge is 0.289 e. The van der Waals surface area contributed by atoms with Gasteiger partial charge in [-0.15, -0.1) is 0 Å². The van der Waals surface area contributed by atoms with E-state index in [1.807, 2.05) is 68.4 Å². The molecule has 3 aromatic carbocycles. The summed E-state index contributed by atoms with van der Waals surface area (Å²) in [5, 5.41) is 1.14. The summed E-state index contributed by atoms with van der Waals surface area (Å²) >= 11 is 0. The van der Waals surface area contributed by atoms with Gasteiger partial charge in [0, 0.05) is 19.6 Å². The molecule has 0 spiro atoms. The summed E-state index contributed by atoms with van der Waals surface area (Å²) in [5.74, 6) is 0. The van der Waals surface area contributed by atoms with E-state index in [2.05, 4.69) is 24.3 Å². The van der Waals surface area contributed by atoms with Crippen molar-refractivity contribution in [3.05, 3.63) is 101 Å².